The maximum absolute atomic E-state index is 11.1. The van der Waals surface area contributed by atoms with Crippen molar-refractivity contribution in [1.29, 1.82) is 0 Å². The van der Waals surface area contributed by atoms with Gasteiger partial charge >= 0.3 is 0 Å². The van der Waals surface area contributed by atoms with Gasteiger partial charge in [-0.15, -0.1) is 0 Å². The highest BCUT2D eigenvalue weighted by atomic mass is 16.5. The smallest absolute Gasteiger partial charge is 0.152 e. The zero-order chi connectivity index (χ0) is 12.4. The van der Waals surface area contributed by atoms with Gasteiger partial charge in [-0.05, 0) is 24.8 Å². The Morgan fingerprint density at radius 3 is 2.83 bits per heavy atom. The van der Waals surface area contributed by atoms with Gasteiger partial charge in [0.2, 0.25) is 0 Å². The molecular formula is C15H17NO2. The molecule has 0 bridgehead atoms. The number of carbonyl (C=O) groups is 1. The Morgan fingerprint density at radius 1 is 1.28 bits per heavy atom. The van der Waals surface area contributed by atoms with Gasteiger partial charge in [0.1, 0.15) is 0 Å². The molecule has 18 heavy (non-hydrogen) atoms. The van der Waals surface area contributed by atoms with Crippen LogP contribution < -0.4 is 0 Å². The molecule has 1 aliphatic rings. The van der Waals surface area contributed by atoms with Crippen molar-refractivity contribution in [3.05, 3.63) is 36.0 Å². The number of benzene rings is 1. The van der Waals surface area contributed by atoms with Crippen LogP contribution in [0.5, 0.6) is 0 Å². The maximum Gasteiger partial charge on any atom is 0.152 e. The number of hydrogen-bond acceptors (Lipinski definition) is 2. The van der Waals surface area contributed by atoms with E-state index >= 15 is 0 Å². The summed E-state index contributed by atoms with van der Waals surface area (Å²) < 4.78 is 7.60. The molecule has 3 rings (SSSR count). The lowest BCUT2D eigenvalue weighted by atomic mass is 10.0. The quantitative estimate of drug-likeness (QED) is 0.776. The van der Waals surface area contributed by atoms with Gasteiger partial charge in [0.05, 0.1) is 0 Å². The summed E-state index contributed by atoms with van der Waals surface area (Å²) >= 11 is 0. The highest BCUT2D eigenvalue weighted by Crippen LogP contribution is 2.24. The molecule has 0 atom stereocenters. The molecule has 0 saturated carbocycles. The van der Waals surface area contributed by atoms with Crippen LogP contribution in [0.1, 0.15) is 23.2 Å². The van der Waals surface area contributed by atoms with E-state index in [1.54, 1.807) is 0 Å². The van der Waals surface area contributed by atoms with E-state index in [4.69, 9.17) is 4.74 Å². The number of aldehydes is 1. The van der Waals surface area contributed by atoms with Crippen LogP contribution in [0.3, 0.4) is 0 Å². The molecule has 1 aromatic heterocycles. The van der Waals surface area contributed by atoms with E-state index in [1.165, 1.54) is 0 Å². The second-order valence-electron chi connectivity index (χ2n) is 4.93. The van der Waals surface area contributed by atoms with Gasteiger partial charge in [-0.1, -0.05) is 18.2 Å². The van der Waals surface area contributed by atoms with Gasteiger partial charge in [0, 0.05) is 42.4 Å². The summed E-state index contributed by atoms with van der Waals surface area (Å²) in [6, 6.07) is 8.10. The average Bonchev–Trinajstić information content (AvgIpc) is 2.78. The zero-order valence-corrected chi connectivity index (χ0v) is 10.3. The highest BCUT2D eigenvalue weighted by Gasteiger charge is 2.16. The fourth-order valence-corrected chi connectivity index (χ4v) is 2.73. The molecule has 0 aliphatic carbocycles. The molecule has 3 nitrogen and oxygen atoms in total. The van der Waals surface area contributed by atoms with Crippen LogP contribution in [0.25, 0.3) is 10.9 Å². The van der Waals surface area contributed by atoms with E-state index in [2.05, 4.69) is 10.6 Å². The Hall–Kier alpha value is -1.61. The van der Waals surface area contributed by atoms with Crippen molar-refractivity contribution < 1.29 is 9.53 Å². The molecule has 3 heteroatoms. The maximum atomic E-state index is 11.1. The van der Waals surface area contributed by atoms with Gasteiger partial charge in [0.15, 0.2) is 6.29 Å². The number of aromatic nitrogens is 1. The van der Waals surface area contributed by atoms with Crippen LogP contribution in [-0.2, 0) is 11.3 Å². The number of hydrogen-bond donors (Lipinski definition) is 0. The monoisotopic (exact) mass is 243 g/mol. The minimum absolute atomic E-state index is 0.661. The third kappa shape index (κ3) is 2.06. The summed E-state index contributed by atoms with van der Waals surface area (Å²) in [5.41, 5.74) is 1.95. The van der Waals surface area contributed by atoms with Gasteiger partial charge in [-0.2, -0.15) is 0 Å². The summed E-state index contributed by atoms with van der Waals surface area (Å²) in [5, 5.41) is 1.06. The molecular weight excluding hydrogens is 226 g/mol. The van der Waals surface area contributed by atoms with Crippen LogP contribution in [0.2, 0.25) is 0 Å². The van der Waals surface area contributed by atoms with Crippen molar-refractivity contribution in [2.24, 2.45) is 5.92 Å². The minimum Gasteiger partial charge on any atom is -0.381 e. The molecule has 1 fully saturated rings. The summed E-state index contributed by atoms with van der Waals surface area (Å²) in [6.07, 6.45) is 5.15. The van der Waals surface area contributed by atoms with Gasteiger partial charge in [-0.25, -0.2) is 0 Å². The Labute approximate surface area is 106 Å². The number of carbonyl (C=O) groups excluding carboxylic acids is 1. The number of fused-ring (bicyclic) bond motifs is 1. The molecule has 0 N–H and O–H groups in total. The van der Waals surface area contributed by atoms with Gasteiger partial charge in [0.25, 0.3) is 0 Å². The van der Waals surface area contributed by atoms with E-state index in [1.807, 2.05) is 24.4 Å². The predicted octanol–water partition coefficient (Wildman–Crippen LogP) is 2.88. The van der Waals surface area contributed by atoms with E-state index < -0.39 is 0 Å². The molecule has 0 spiro atoms. The topological polar surface area (TPSA) is 31.2 Å². The van der Waals surface area contributed by atoms with E-state index in [-0.39, 0.29) is 0 Å². The van der Waals surface area contributed by atoms with Crippen molar-refractivity contribution in [3.63, 3.8) is 0 Å². The van der Waals surface area contributed by atoms with Crippen LogP contribution in [-0.4, -0.2) is 24.1 Å². The molecule has 2 aromatic rings. The first-order valence-electron chi connectivity index (χ1n) is 6.49. The van der Waals surface area contributed by atoms with Crippen molar-refractivity contribution in [2.45, 2.75) is 19.4 Å². The first kappa shape index (κ1) is 11.5. The molecule has 0 unspecified atom stereocenters. The third-order valence-electron chi connectivity index (χ3n) is 3.74. The molecule has 1 aromatic carbocycles. The molecule has 1 aliphatic heterocycles. The van der Waals surface area contributed by atoms with E-state index in [0.717, 1.165) is 55.4 Å². The third-order valence-corrected chi connectivity index (χ3v) is 3.74. The Bertz CT molecular complexity index is 553. The Kier molecular flexibility index (Phi) is 3.15. The molecule has 2 heterocycles. The number of para-hydroxylation sites is 1. The van der Waals surface area contributed by atoms with Crippen molar-refractivity contribution in [1.82, 2.24) is 4.57 Å². The predicted molar refractivity (Wildman–Crippen MR) is 70.9 cm³/mol. The van der Waals surface area contributed by atoms with Gasteiger partial charge in [-0.3, -0.25) is 4.79 Å². The normalized spacial score (nSPS) is 17.1. The Balaban J connectivity index is 1.93. The summed E-state index contributed by atoms with van der Waals surface area (Å²) in [5.74, 6) is 0.661. The second kappa shape index (κ2) is 4.94. The fourth-order valence-electron chi connectivity index (χ4n) is 2.73. The number of ether oxygens (including phenoxy) is 1. The lowest BCUT2D eigenvalue weighted by molar-refractivity contribution is 0.0616. The zero-order valence-electron chi connectivity index (χ0n) is 10.3. The van der Waals surface area contributed by atoms with Crippen molar-refractivity contribution in [3.8, 4) is 0 Å². The van der Waals surface area contributed by atoms with E-state index in [9.17, 15) is 4.79 Å². The molecule has 1 saturated heterocycles. The molecule has 94 valence electrons. The van der Waals surface area contributed by atoms with Crippen molar-refractivity contribution in [2.75, 3.05) is 13.2 Å². The fraction of sp³-hybridized carbons (Fsp3) is 0.400. The van der Waals surface area contributed by atoms with Crippen LogP contribution in [0.15, 0.2) is 30.5 Å². The minimum atomic E-state index is 0.661. The lowest BCUT2D eigenvalue weighted by Crippen LogP contribution is -2.20. The lowest BCUT2D eigenvalue weighted by Gasteiger charge is -2.22. The average molecular weight is 243 g/mol. The standard InChI is InChI=1S/C15H17NO2/c17-11-13-10-16(9-12-5-7-18-8-6-12)15-4-2-1-3-14(13)15/h1-4,10-12H,5-9H2. The summed E-state index contributed by atoms with van der Waals surface area (Å²) in [4.78, 5) is 11.1. The first-order chi connectivity index (χ1) is 8.88. The SMILES string of the molecule is O=Cc1cn(CC2CCOCC2)c2ccccc12. The highest BCUT2D eigenvalue weighted by molar-refractivity contribution is 5.97. The number of nitrogens with zero attached hydrogens (tertiary/aromatic N) is 1. The summed E-state index contributed by atoms with van der Waals surface area (Å²) in [6.45, 7) is 2.71. The number of rotatable bonds is 3. The second-order valence-corrected chi connectivity index (χ2v) is 4.93. The van der Waals surface area contributed by atoms with Crippen molar-refractivity contribution >= 4 is 17.2 Å². The van der Waals surface area contributed by atoms with E-state index in [0.29, 0.717) is 5.92 Å². The van der Waals surface area contributed by atoms with Crippen LogP contribution in [0.4, 0.5) is 0 Å². The summed E-state index contributed by atoms with van der Waals surface area (Å²) in [7, 11) is 0. The molecule has 0 radical (unpaired) electrons. The first-order valence-corrected chi connectivity index (χ1v) is 6.49. The van der Waals surface area contributed by atoms with Gasteiger partial charge < -0.3 is 9.30 Å². The Morgan fingerprint density at radius 2 is 2.06 bits per heavy atom. The van der Waals surface area contributed by atoms with Crippen LogP contribution >= 0.6 is 0 Å². The molecule has 0 amide bonds. The largest absolute Gasteiger partial charge is 0.381 e. The van der Waals surface area contributed by atoms with Crippen LogP contribution in [0, 0.1) is 5.92 Å².